The van der Waals surface area contributed by atoms with Gasteiger partial charge in [-0.1, -0.05) is 26.8 Å². The van der Waals surface area contributed by atoms with E-state index in [0.29, 0.717) is 0 Å². The number of carbonyl (C=O) groups is 8. The summed E-state index contributed by atoms with van der Waals surface area (Å²) in [6.45, 7) is 9.33. The Morgan fingerprint density at radius 2 is 1.45 bits per heavy atom. The molecule has 0 spiro atoms. The lowest BCUT2D eigenvalue weighted by Crippen LogP contribution is -2.64. The van der Waals surface area contributed by atoms with Crippen molar-refractivity contribution in [1.82, 2.24) is 47.0 Å². The third kappa shape index (κ3) is 17.8. The molecule has 0 radical (unpaired) electrons. The van der Waals surface area contributed by atoms with Crippen LogP contribution in [0, 0.1) is 5.92 Å². The number of hydrogen-bond acceptors (Lipinski definition) is 21. The predicted octanol–water partition coefficient (Wildman–Crippen LogP) is -6.22. The highest BCUT2D eigenvalue weighted by molar-refractivity contribution is 7.81. The number of aliphatic hydroxyl groups excluding tert-OH is 6. The van der Waals surface area contributed by atoms with Gasteiger partial charge in [-0.2, -0.15) is 0 Å². The van der Waals surface area contributed by atoms with Crippen LogP contribution in [-0.2, 0) is 55.1 Å². The van der Waals surface area contributed by atoms with Gasteiger partial charge in [0.2, 0.25) is 41.4 Å². The van der Waals surface area contributed by atoms with Crippen LogP contribution in [0.15, 0.2) is 18.2 Å². The Morgan fingerprint density at radius 1 is 0.827 bits per heavy atom. The lowest BCUT2D eigenvalue weighted by Gasteiger charge is -2.34. The molecule has 13 atom stereocenters. The van der Waals surface area contributed by atoms with Crippen molar-refractivity contribution in [1.29, 1.82) is 0 Å². The second kappa shape index (κ2) is 26.2. The second-order valence-electron chi connectivity index (χ2n) is 20.1. The summed E-state index contributed by atoms with van der Waals surface area (Å²) in [5.41, 5.74) is -1.26. The number of benzene rings is 1. The van der Waals surface area contributed by atoms with Gasteiger partial charge in [0, 0.05) is 63.9 Å². The highest BCUT2D eigenvalue weighted by Gasteiger charge is 2.50. The number of nitrogens with one attached hydrogen (secondary N) is 7. The lowest BCUT2D eigenvalue weighted by molar-refractivity contribution is -0.147. The maximum Gasteiger partial charge on any atom is 0.408 e. The third-order valence-electron chi connectivity index (χ3n) is 12.2. The molecule has 422 valence electrons. The van der Waals surface area contributed by atoms with Crippen molar-refractivity contribution in [3.05, 3.63) is 23.8 Å². The molecule has 0 aliphatic carbocycles. The first-order valence-electron chi connectivity index (χ1n) is 24.1. The van der Waals surface area contributed by atoms with Crippen LogP contribution in [-0.4, -0.2) is 223 Å². The molecule has 30 heteroatoms. The van der Waals surface area contributed by atoms with Crippen molar-refractivity contribution in [2.24, 2.45) is 5.92 Å². The minimum atomic E-state index is -5.48. The number of phenolic OH excluding ortho intramolecular Hbond substituents is 1. The van der Waals surface area contributed by atoms with Crippen LogP contribution in [0.3, 0.4) is 0 Å². The van der Waals surface area contributed by atoms with E-state index in [0.717, 1.165) is 34.9 Å². The normalized spacial score (nSPS) is 28.1. The molecule has 3 fully saturated rings. The third-order valence-corrected chi connectivity index (χ3v) is 12.6. The largest absolute Gasteiger partial charge is 0.716 e. The Balaban J connectivity index is 1.87. The van der Waals surface area contributed by atoms with Crippen molar-refractivity contribution in [2.45, 2.75) is 159 Å². The van der Waals surface area contributed by atoms with Gasteiger partial charge < -0.3 is 96.2 Å². The van der Waals surface area contributed by atoms with Gasteiger partial charge in [0.15, 0.2) is 11.5 Å². The zero-order valence-electron chi connectivity index (χ0n) is 42.4. The van der Waals surface area contributed by atoms with Crippen molar-refractivity contribution < 1.29 is 96.0 Å². The number of hydrogen-bond donors (Lipinski definition) is 14. The number of aliphatic hydroxyl groups is 6. The van der Waals surface area contributed by atoms with E-state index in [4.69, 9.17) is 4.74 Å². The molecule has 1 aromatic rings. The zero-order valence-corrected chi connectivity index (χ0v) is 43.2. The average Bonchev–Trinajstić information content (AvgIpc) is 3.83. The monoisotopic (exact) mass is 1090 g/mol. The summed E-state index contributed by atoms with van der Waals surface area (Å²) in [7, 11) is -5.48. The average molecular weight is 1090 g/mol. The molecule has 3 aliphatic heterocycles. The van der Waals surface area contributed by atoms with Crippen LogP contribution in [0.25, 0.3) is 0 Å². The van der Waals surface area contributed by atoms with E-state index in [2.05, 4.69) is 41.4 Å². The number of phenols is 1. The number of aromatic hydroxyl groups is 1. The summed E-state index contributed by atoms with van der Waals surface area (Å²) in [5, 5.41) is 95.0. The quantitative estimate of drug-likeness (QED) is 0.0468. The fourth-order valence-electron chi connectivity index (χ4n) is 8.53. The Morgan fingerprint density at radius 3 is 2.07 bits per heavy atom. The number of ether oxygens (including phenoxy) is 1. The first kappa shape index (κ1) is 61.6. The van der Waals surface area contributed by atoms with Crippen LogP contribution in [0.4, 0.5) is 4.79 Å². The second-order valence-corrected chi connectivity index (χ2v) is 21.1. The predicted molar refractivity (Wildman–Crippen MR) is 256 cm³/mol. The van der Waals surface area contributed by atoms with E-state index in [9.17, 15) is 87.1 Å². The molecule has 8 amide bonds. The van der Waals surface area contributed by atoms with Crippen LogP contribution in [0.1, 0.15) is 73.3 Å². The van der Waals surface area contributed by atoms with Gasteiger partial charge in [-0.3, -0.25) is 33.6 Å². The van der Waals surface area contributed by atoms with Crippen LogP contribution >= 0.6 is 0 Å². The highest BCUT2D eigenvalue weighted by atomic mass is 32.3. The summed E-state index contributed by atoms with van der Waals surface area (Å²) in [6, 6.07) is -9.05. The zero-order chi connectivity index (χ0) is 56.4. The standard InChI is InChI=1S/C45H71N9O20S/c1-20(2)46-10-11-47-32(61)16-30(60)35-43(68)54-18-21(3)37(62)36(54)41(66)48-17-24(56)14-26(49-44(69)73-45(5,6)7)38(63)50-33(22(4)55)42(67)53-19-25(57)15-27(53)39(64)51-34(40(65)52-35)29(59)12-23-8-9-28(58)31(13-23)74-75(70,71)72/h8-9,13,20-22,24-27,29-30,33-37,46,55-60,62H,10-12,14-19H2,1-7H3,(H,47,61)(H,48,66)(H,49,69)(H,50,63)(H,51,64)(H,52,65)(H,70,71,72)/p-1/t21-,22+,24+,25+,26?,27-,29+,30+,33?,34-,35-,36-,37-/m0/s1. The van der Waals surface area contributed by atoms with E-state index in [1.54, 1.807) is 0 Å². The number of alkyl carbamates (subject to hydrolysis) is 1. The minimum absolute atomic E-state index is 0.0301. The maximum absolute atomic E-state index is 14.8. The van der Waals surface area contributed by atoms with E-state index >= 15 is 0 Å². The Kier molecular flexibility index (Phi) is 21.5. The van der Waals surface area contributed by atoms with Crippen LogP contribution < -0.4 is 41.4 Å². The number of amides is 8. The van der Waals surface area contributed by atoms with Gasteiger partial charge in [0.05, 0.1) is 43.0 Å². The minimum Gasteiger partial charge on any atom is -0.716 e. The molecule has 0 aromatic heterocycles. The fraction of sp³-hybridized carbons (Fsp3) is 0.689. The van der Waals surface area contributed by atoms with Crippen molar-refractivity contribution in [2.75, 3.05) is 32.7 Å². The Labute approximate surface area is 432 Å². The number of rotatable bonds is 14. The van der Waals surface area contributed by atoms with Gasteiger partial charge in [-0.05, 0) is 45.4 Å². The molecule has 1 aromatic carbocycles. The molecule has 0 bridgehead atoms. The molecule has 29 nitrogen and oxygen atoms in total. The molecule has 3 heterocycles. The summed E-state index contributed by atoms with van der Waals surface area (Å²) in [4.78, 5) is 114. The van der Waals surface area contributed by atoms with E-state index < -0.39 is 199 Å². The SMILES string of the molecule is CC(C)NCCNC(=O)C[C@@H](O)[C@@H]1NC(=O)[C@H]([C@H](O)Cc2ccc(O)c(OS(=O)(=O)[O-])c2)NC(=O)[C@@H]2C[C@@H](O)CN2C(=O)C([C@@H](C)O)NC(=O)C(NC(=O)OC(C)(C)C)C[C@@H](O)CNC(=O)[C@@H]2[C@@H](O)[C@@H](C)CN2C1=O. The highest BCUT2D eigenvalue weighted by Crippen LogP contribution is 2.30. The summed E-state index contributed by atoms with van der Waals surface area (Å²) in [5.74, 6) is -11.0. The first-order valence-corrected chi connectivity index (χ1v) is 25.4. The topological polar surface area (TPSA) is 445 Å². The molecular formula is C45H70N9O20S-. The van der Waals surface area contributed by atoms with E-state index in [1.165, 1.54) is 27.7 Å². The van der Waals surface area contributed by atoms with Gasteiger partial charge in [0.1, 0.15) is 41.9 Å². The summed E-state index contributed by atoms with van der Waals surface area (Å²) < 4.78 is 43.8. The van der Waals surface area contributed by atoms with Gasteiger partial charge in [0.25, 0.3) is 10.4 Å². The molecular weight excluding hydrogens is 1020 g/mol. The molecule has 4 rings (SSSR count). The number of nitrogens with zero attached hydrogens (tertiary/aromatic N) is 2. The summed E-state index contributed by atoms with van der Waals surface area (Å²) in [6.07, 6.45) is -15.0. The van der Waals surface area contributed by atoms with Crippen molar-refractivity contribution >= 4 is 57.8 Å². The lowest BCUT2D eigenvalue weighted by atomic mass is 9.98. The number of carbonyl (C=O) groups excluding carboxylic acids is 8. The number of fused-ring (bicyclic) bond motifs is 2. The molecule has 75 heavy (non-hydrogen) atoms. The van der Waals surface area contributed by atoms with Crippen LogP contribution in [0.5, 0.6) is 11.5 Å². The van der Waals surface area contributed by atoms with Crippen LogP contribution in [0.2, 0.25) is 0 Å². The Bertz CT molecular complexity index is 2350. The molecule has 14 N–H and O–H groups in total. The van der Waals surface area contributed by atoms with E-state index in [-0.39, 0.29) is 24.7 Å². The first-order chi connectivity index (χ1) is 34.8. The van der Waals surface area contributed by atoms with Gasteiger partial charge in [-0.25, -0.2) is 13.2 Å². The Hall–Kier alpha value is -5.99. The van der Waals surface area contributed by atoms with E-state index in [1.807, 2.05) is 13.8 Å². The molecule has 0 saturated carbocycles. The van der Waals surface area contributed by atoms with Gasteiger partial charge in [-0.15, -0.1) is 0 Å². The smallest absolute Gasteiger partial charge is 0.408 e. The van der Waals surface area contributed by atoms with Crippen molar-refractivity contribution in [3.63, 3.8) is 0 Å². The fourth-order valence-corrected chi connectivity index (χ4v) is 8.89. The molecule has 3 aliphatic rings. The number of β-amino-alcohol motifs (C(OH)–C–C–N with tert-alkyl or cyclic N) is 1. The maximum atomic E-state index is 14.8. The summed E-state index contributed by atoms with van der Waals surface area (Å²) >= 11 is 0. The van der Waals surface area contributed by atoms with Crippen molar-refractivity contribution in [3.8, 4) is 11.5 Å². The molecule has 3 saturated heterocycles. The molecule has 2 unspecified atom stereocenters. The van der Waals surface area contributed by atoms with Gasteiger partial charge >= 0.3 is 6.09 Å².